The van der Waals surface area contributed by atoms with Crippen molar-refractivity contribution in [3.05, 3.63) is 53.7 Å². The smallest absolute Gasteiger partial charge is 0.290 e. The second kappa shape index (κ2) is 5.55. The van der Waals surface area contributed by atoms with Gasteiger partial charge in [0.15, 0.2) is 0 Å². The summed E-state index contributed by atoms with van der Waals surface area (Å²) >= 11 is 0. The van der Waals surface area contributed by atoms with E-state index in [-0.39, 0.29) is 11.6 Å². The molecule has 2 unspecified atom stereocenters. The maximum Gasteiger partial charge on any atom is 0.414 e. The molecular weight excluding hydrogens is 359 g/mol. The van der Waals surface area contributed by atoms with E-state index in [1.54, 1.807) is 18.2 Å². The normalized spacial score (nSPS) is 24.1. The molecule has 5 nitrogen and oxygen atoms in total. The molecule has 9 heteroatoms. The van der Waals surface area contributed by atoms with Crippen LogP contribution in [0, 0.1) is 5.92 Å². The summed E-state index contributed by atoms with van der Waals surface area (Å²) in [6.45, 7) is 0. The van der Waals surface area contributed by atoms with Crippen molar-refractivity contribution in [2.24, 2.45) is 5.92 Å². The van der Waals surface area contributed by atoms with Crippen LogP contribution in [0.15, 0.2) is 48.2 Å². The zero-order valence-corrected chi connectivity index (χ0v) is 13.6. The summed E-state index contributed by atoms with van der Waals surface area (Å²) in [6, 6.07) is 6.14. The molecule has 0 aromatic heterocycles. The minimum atomic E-state index is -4.94. The van der Waals surface area contributed by atoms with Crippen molar-refractivity contribution in [2.75, 3.05) is 6.26 Å². The minimum Gasteiger partial charge on any atom is -0.290 e. The molecule has 25 heavy (non-hydrogen) atoms. The van der Waals surface area contributed by atoms with Crippen LogP contribution in [0.2, 0.25) is 0 Å². The summed E-state index contributed by atoms with van der Waals surface area (Å²) in [7, 11) is -4.10. The van der Waals surface area contributed by atoms with E-state index in [1.165, 1.54) is 12.1 Å². The monoisotopic (exact) mass is 371 g/mol. The Bertz CT molecular complexity index is 916. The summed E-state index contributed by atoms with van der Waals surface area (Å²) in [4.78, 5) is 24.1. The van der Waals surface area contributed by atoms with Crippen LogP contribution < -0.4 is 0 Å². The van der Waals surface area contributed by atoms with Gasteiger partial charge in [0, 0.05) is 6.20 Å². The fourth-order valence-electron chi connectivity index (χ4n) is 3.10. The Morgan fingerprint density at radius 2 is 1.68 bits per heavy atom. The molecule has 0 N–H and O–H groups in total. The quantitative estimate of drug-likeness (QED) is 0.745. The lowest BCUT2D eigenvalue weighted by molar-refractivity contribution is -0.138. The van der Waals surface area contributed by atoms with Crippen LogP contribution in [0.5, 0.6) is 0 Å². The van der Waals surface area contributed by atoms with Crippen molar-refractivity contribution in [1.29, 1.82) is 0 Å². The van der Waals surface area contributed by atoms with Crippen molar-refractivity contribution in [1.82, 2.24) is 4.31 Å². The third-order valence-electron chi connectivity index (χ3n) is 4.14. The van der Waals surface area contributed by atoms with Gasteiger partial charge in [-0.1, -0.05) is 30.3 Å². The largest absolute Gasteiger partial charge is 0.414 e. The predicted molar refractivity (Wildman–Crippen MR) is 82.5 cm³/mol. The second-order valence-corrected chi connectivity index (χ2v) is 7.68. The molecule has 1 aromatic carbocycles. The van der Waals surface area contributed by atoms with E-state index in [9.17, 15) is 31.2 Å². The Balaban J connectivity index is 2.25. The Morgan fingerprint density at radius 1 is 1.08 bits per heavy atom. The molecule has 132 valence electrons. The summed E-state index contributed by atoms with van der Waals surface area (Å²) < 4.78 is 64.7. The number of hydrogen-bond donors (Lipinski definition) is 0. The van der Waals surface area contributed by atoms with Crippen molar-refractivity contribution in [3.8, 4) is 0 Å². The molecule has 2 aliphatic rings. The number of fused-ring (bicyclic) bond motifs is 1. The van der Waals surface area contributed by atoms with Gasteiger partial charge >= 0.3 is 6.18 Å². The molecule has 0 amide bonds. The van der Waals surface area contributed by atoms with Crippen LogP contribution in [0.4, 0.5) is 13.2 Å². The van der Waals surface area contributed by atoms with Gasteiger partial charge in [0.25, 0.3) is 0 Å². The number of hydrogen-bond acceptors (Lipinski definition) is 4. The van der Waals surface area contributed by atoms with E-state index < -0.39 is 45.3 Å². The summed E-state index contributed by atoms with van der Waals surface area (Å²) in [5, 5.41) is 0. The molecule has 0 radical (unpaired) electrons. The van der Waals surface area contributed by atoms with Gasteiger partial charge < -0.3 is 0 Å². The van der Waals surface area contributed by atoms with E-state index in [0.717, 1.165) is 12.5 Å². The average molecular weight is 371 g/mol. The number of Topliss-reactive ketones (excluding diaryl/α,β-unsaturated/α-hetero) is 1. The zero-order chi connectivity index (χ0) is 18.6. The van der Waals surface area contributed by atoms with Gasteiger partial charge in [-0.05, 0) is 17.2 Å². The Labute approximate surface area is 141 Å². The molecule has 0 saturated heterocycles. The predicted octanol–water partition coefficient (Wildman–Crippen LogP) is 1.93. The van der Waals surface area contributed by atoms with Gasteiger partial charge in [-0.25, -0.2) is 8.42 Å². The molecule has 3 rings (SSSR count). The van der Waals surface area contributed by atoms with Gasteiger partial charge in [0.2, 0.25) is 21.6 Å². The first-order valence-corrected chi connectivity index (χ1v) is 8.99. The molecule has 1 aromatic rings. The highest BCUT2D eigenvalue weighted by atomic mass is 32.2. The van der Waals surface area contributed by atoms with Crippen molar-refractivity contribution in [2.45, 2.75) is 12.2 Å². The number of rotatable bonds is 2. The molecule has 1 heterocycles. The number of carbonyl (C=O) groups excluding carboxylic acids is 2. The van der Waals surface area contributed by atoms with Crippen molar-refractivity contribution < 1.29 is 31.2 Å². The topological polar surface area (TPSA) is 71.5 Å². The summed E-state index contributed by atoms with van der Waals surface area (Å²) in [6.07, 6.45) is -2.98. The van der Waals surface area contributed by atoms with Crippen LogP contribution in [0.25, 0.3) is 5.57 Å². The number of ketones is 2. The number of benzene rings is 1. The van der Waals surface area contributed by atoms with E-state index in [0.29, 0.717) is 9.87 Å². The number of nitrogens with zero attached hydrogens (tertiary/aromatic N) is 1. The first-order chi connectivity index (χ1) is 11.5. The van der Waals surface area contributed by atoms with Crippen LogP contribution in [-0.4, -0.2) is 42.8 Å². The van der Waals surface area contributed by atoms with E-state index in [1.807, 2.05) is 0 Å². The van der Waals surface area contributed by atoms with Crippen molar-refractivity contribution in [3.63, 3.8) is 0 Å². The molecular formula is C16H12F3NO4S. The zero-order valence-electron chi connectivity index (χ0n) is 12.8. The lowest BCUT2D eigenvalue weighted by Crippen LogP contribution is -2.48. The number of carbonyl (C=O) groups is 2. The molecule has 0 bridgehead atoms. The number of halogens is 3. The maximum atomic E-state index is 13.4. The standard InChI is InChI=1S/C16H12F3NO4S/c1-25(23,24)20-8-10(9-5-3-2-4-6-9)13-14(20)11(16(17,18)19)7-12(21)15(13)22/h2-8,13-14H,1H3. The first-order valence-electron chi connectivity index (χ1n) is 7.14. The third-order valence-corrected chi connectivity index (χ3v) is 5.24. The molecule has 1 aliphatic carbocycles. The molecule has 0 saturated carbocycles. The summed E-state index contributed by atoms with van der Waals surface area (Å²) in [5.41, 5.74) is -0.882. The van der Waals surface area contributed by atoms with Crippen LogP contribution in [-0.2, 0) is 19.6 Å². The Morgan fingerprint density at radius 3 is 2.20 bits per heavy atom. The number of alkyl halides is 3. The van der Waals surface area contributed by atoms with Gasteiger partial charge in [0.05, 0.1) is 23.8 Å². The summed E-state index contributed by atoms with van der Waals surface area (Å²) in [5.74, 6) is -3.86. The number of sulfonamides is 1. The molecule has 2 atom stereocenters. The molecule has 1 aliphatic heterocycles. The maximum absolute atomic E-state index is 13.4. The van der Waals surface area contributed by atoms with E-state index >= 15 is 0 Å². The number of allylic oxidation sites excluding steroid dienone is 1. The highest BCUT2D eigenvalue weighted by Gasteiger charge is 2.56. The van der Waals surface area contributed by atoms with Gasteiger partial charge in [0.1, 0.15) is 0 Å². The molecule has 0 fully saturated rings. The lowest BCUT2D eigenvalue weighted by atomic mass is 9.78. The van der Waals surface area contributed by atoms with Crippen LogP contribution in [0.3, 0.4) is 0 Å². The van der Waals surface area contributed by atoms with Crippen LogP contribution >= 0.6 is 0 Å². The highest BCUT2D eigenvalue weighted by molar-refractivity contribution is 7.88. The average Bonchev–Trinajstić information content (AvgIpc) is 2.91. The van der Waals surface area contributed by atoms with E-state index in [2.05, 4.69) is 0 Å². The lowest BCUT2D eigenvalue weighted by Gasteiger charge is -2.33. The van der Waals surface area contributed by atoms with Gasteiger partial charge in [-0.2, -0.15) is 13.2 Å². The Hall–Kier alpha value is -2.42. The minimum absolute atomic E-state index is 0.0734. The van der Waals surface area contributed by atoms with Gasteiger partial charge in [-0.3, -0.25) is 13.9 Å². The van der Waals surface area contributed by atoms with Crippen LogP contribution in [0.1, 0.15) is 5.56 Å². The third kappa shape index (κ3) is 2.88. The fraction of sp³-hybridized carbons (Fsp3) is 0.250. The SMILES string of the molecule is CS(=O)(=O)N1C=C(c2ccccc2)C2C(=O)C(=O)C=C(C(F)(F)F)C21. The van der Waals surface area contributed by atoms with E-state index in [4.69, 9.17) is 0 Å². The van der Waals surface area contributed by atoms with Gasteiger partial charge in [-0.15, -0.1) is 0 Å². The molecule has 0 spiro atoms. The highest BCUT2D eigenvalue weighted by Crippen LogP contribution is 2.46. The Kier molecular flexibility index (Phi) is 3.86. The van der Waals surface area contributed by atoms with Crippen molar-refractivity contribution >= 4 is 27.2 Å². The second-order valence-electron chi connectivity index (χ2n) is 5.79. The fourth-order valence-corrected chi connectivity index (χ4v) is 4.06. The first kappa shape index (κ1) is 17.4.